The van der Waals surface area contributed by atoms with Crippen LogP contribution < -0.4 is 5.32 Å². The van der Waals surface area contributed by atoms with E-state index in [9.17, 15) is 5.11 Å². The summed E-state index contributed by atoms with van der Waals surface area (Å²) in [6.07, 6.45) is 2.65. The molecule has 0 aliphatic carbocycles. The third-order valence-electron chi connectivity index (χ3n) is 2.89. The lowest BCUT2D eigenvalue weighted by Crippen LogP contribution is -2.41. The maximum absolute atomic E-state index is 9.36. The van der Waals surface area contributed by atoms with Crippen LogP contribution in [-0.2, 0) is 0 Å². The van der Waals surface area contributed by atoms with Gasteiger partial charge in [-0.1, -0.05) is 13.8 Å². The molecule has 100 valence electrons. The number of aliphatic hydroxyl groups is 1. The Morgan fingerprint density at radius 3 is 2.59 bits per heavy atom. The predicted molar refractivity (Wildman–Crippen MR) is 75.1 cm³/mol. The van der Waals surface area contributed by atoms with Crippen molar-refractivity contribution in [3.05, 3.63) is 0 Å². The molecule has 0 radical (unpaired) electrons. The Bertz CT molecular complexity index is 240. The van der Waals surface area contributed by atoms with Gasteiger partial charge in [0.15, 0.2) is 0 Å². The summed E-state index contributed by atoms with van der Waals surface area (Å²) in [4.78, 5) is 0. The minimum Gasteiger partial charge on any atom is -0.392 e. The van der Waals surface area contributed by atoms with E-state index in [-0.39, 0.29) is 11.4 Å². The van der Waals surface area contributed by atoms with E-state index in [2.05, 4.69) is 18.3 Å². The van der Waals surface area contributed by atoms with Crippen molar-refractivity contribution in [2.45, 2.75) is 63.9 Å². The molecule has 0 spiro atoms. The summed E-state index contributed by atoms with van der Waals surface area (Å²) >= 11 is 1.77. The minimum absolute atomic E-state index is 0.263. The predicted octanol–water partition coefficient (Wildman–Crippen LogP) is 2.55. The number of aliphatic hydroxyl groups excluding tert-OH is 1. The summed E-state index contributed by atoms with van der Waals surface area (Å²) < 4.78 is 0. The molecule has 4 heteroatoms. The summed E-state index contributed by atoms with van der Waals surface area (Å²) in [5.74, 6) is 0.997. The molecule has 3 nitrogen and oxygen atoms in total. The number of thioether (sulfide) groups is 1. The van der Waals surface area contributed by atoms with Gasteiger partial charge in [0.2, 0.25) is 0 Å². The molecule has 17 heavy (non-hydrogen) atoms. The lowest BCUT2D eigenvalue weighted by molar-refractivity contribution is 0.196. The van der Waals surface area contributed by atoms with Crippen LogP contribution in [0.15, 0.2) is 0 Å². The molecule has 3 atom stereocenters. The summed E-state index contributed by atoms with van der Waals surface area (Å²) in [5.41, 5.74) is -0.398. The van der Waals surface area contributed by atoms with Crippen molar-refractivity contribution in [1.82, 2.24) is 5.32 Å². The Balaban J connectivity index is 3.81. The Morgan fingerprint density at radius 2 is 2.12 bits per heavy atom. The fourth-order valence-electron chi connectivity index (χ4n) is 1.42. The van der Waals surface area contributed by atoms with Crippen LogP contribution in [-0.4, -0.2) is 34.3 Å². The molecule has 0 aromatic carbocycles. The Kier molecular flexibility index (Phi) is 8.67. The first-order valence-corrected chi connectivity index (χ1v) is 7.46. The topological polar surface area (TPSA) is 56.0 Å². The van der Waals surface area contributed by atoms with Crippen LogP contribution in [0.2, 0.25) is 0 Å². The van der Waals surface area contributed by atoms with Gasteiger partial charge in [0, 0.05) is 5.25 Å². The van der Waals surface area contributed by atoms with Gasteiger partial charge in [-0.25, -0.2) is 0 Å². The van der Waals surface area contributed by atoms with Crippen molar-refractivity contribution in [1.29, 1.82) is 5.26 Å². The van der Waals surface area contributed by atoms with E-state index in [0.717, 1.165) is 31.6 Å². The zero-order valence-corrected chi connectivity index (χ0v) is 12.3. The van der Waals surface area contributed by atoms with Crippen molar-refractivity contribution in [2.24, 2.45) is 0 Å². The van der Waals surface area contributed by atoms with Crippen LogP contribution >= 0.6 is 11.8 Å². The Labute approximate surface area is 110 Å². The second-order valence-corrected chi connectivity index (χ2v) is 6.28. The highest BCUT2D eigenvalue weighted by Crippen LogP contribution is 2.19. The molecular formula is C13H26N2OS. The number of nitrogens with one attached hydrogen (secondary N) is 1. The van der Waals surface area contributed by atoms with E-state index in [4.69, 9.17) is 5.26 Å². The van der Waals surface area contributed by atoms with Crippen LogP contribution in [0.5, 0.6) is 0 Å². The second kappa shape index (κ2) is 8.79. The quantitative estimate of drug-likeness (QED) is 0.624. The molecule has 0 aromatic rings. The number of rotatable bonds is 9. The van der Waals surface area contributed by atoms with E-state index >= 15 is 0 Å². The van der Waals surface area contributed by atoms with Gasteiger partial charge in [-0.2, -0.15) is 17.0 Å². The molecule has 0 aromatic heterocycles. The van der Waals surface area contributed by atoms with Crippen molar-refractivity contribution in [3.8, 4) is 6.07 Å². The standard InChI is InChI=1S/C13H26N2OS/c1-5-8-15-13(4,10-14)7-6-9-17-12(3)11(2)16/h11-12,15-16H,5-9H2,1-4H3. The molecule has 0 rings (SSSR count). The highest BCUT2D eigenvalue weighted by Gasteiger charge is 2.22. The molecular weight excluding hydrogens is 232 g/mol. The van der Waals surface area contributed by atoms with Crippen LogP contribution in [0, 0.1) is 11.3 Å². The first-order valence-electron chi connectivity index (χ1n) is 6.41. The van der Waals surface area contributed by atoms with Crippen molar-refractivity contribution in [2.75, 3.05) is 12.3 Å². The van der Waals surface area contributed by atoms with Gasteiger partial charge in [0.1, 0.15) is 5.54 Å². The average Bonchev–Trinajstić information content (AvgIpc) is 2.31. The van der Waals surface area contributed by atoms with Gasteiger partial charge in [-0.3, -0.25) is 5.32 Å². The van der Waals surface area contributed by atoms with E-state index in [1.54, 1.807) is 11.8 Å². The van der Waals surface area contributed by atoms with Crippen molar-refractivity contribution in [3.63, 3.8) is 0 Å². The number of nitrogens with zero attached hydrogens (tertiary/aromatic N) is 1. The zero-order chi connectivity index (χ0) is 13.3. The second-order valence-electron chi connectivity index (χ2n) is 4.79. The number of nitriles is 1. The Morgan fingerprint density at radius 1 is 1.47 bits per heavy atom. The lowest BCUT2D eigenvalue weighted by atomic mass is 9.98. The normalized spacial score (nSPS) is 18.1. The van der Waals surface area contributed by atoms with Crippen LogP contribution in [0.4, 0.5) is 0 Å². The van der Waals surface area contributed by atoms with Gasteiger partial charge >= 0.3 is 0 Å². The third kappa shape index (κ3) is 7.64. The highest BCUT2D eigenvalue weighted by atomic mass is 32.2. The summed E-state index contributed by atoms with van der Waals surface area (Å²) in [7, 11) is 0. The van der Waals surface area contributed by atoms with Gasteiger partial charge in [-0.05, 0) is 45.4 Å². The van der Waals surface area contributed by atoms with E-state index in [1.165, 1.54) is 0 Å². The van der Waals surface area contributed by atoms with Crippen molar-refractivity contribution >= 4 is 11.8 Å². The SMILES string of the molecule is CCCNC(C)(C#N)CCCSC(C)C(C)O. The molecule has 2 N–H and O–H groups in total. The Hall–Kier alpha value is -0.240. The van der Waals surface area contributed by atoms with Gasteiger partial charge in [-0.15, -0.1) is 0 Å². The molecule has 0 aliphatic heterocycles. The molecule has 0 aliphatic rings. The largest absolute Gasteiger partial charge is 0.392 e. The first kappa shape index (κ1) is 16.8. The monoisotopic (exact) mass is 258 g/mol. The maximum atomic E-state index is 9.36. The lowest BCUT2D eigenvalue weighted by Gasteiger charge is -2.23. The van der Waals surface area contributed by atoms with E-state index in [0.29, 0.717) is 0 Å². The molecule has 3 unspecified atom stereocenters. The number of hydrogen-bond donors (Lipinski definition) is 2. The molecule has 0 saturated heterocycles. The highest BCUT2D eigenvalue weighted by molar-refractivity contribution is 7.99. The molecule has 0 amide bonds. The summed E-state index contributed by atoms with van der Waals surface area (Å²) in [6, 6.07) is 2.35. The minimum atomic E-state index is -0.398. The maximum Gasteiger partial charge on any atom is 0.103 e. The van der Waals surface area contributed by atoms with Crippen molar-refractivity contribution < 1.29 is 5.11 Å². The fourth-order valence-corrected chi connectivity index (χ4v) is 2.38. The van der Waals surface area contributed by atoms with Crippen LogP contribution in [0.25, 0.3) is 0 Å². The van der Waals surface area contributed by atoms with E-state index in [1.807, 2.05) is 20.8 Å². The number of hydrogen-bond acceptors (Lipinski definition) is 4. The average molecular weight is 258 g/mol. The van der Waals surface area contributed by atoms with Gasteiger partial charge < -0.3 is 5.11 Å². The summed E-state index contributed by atoms with van der Waals surface area (Å²) in [5, 5.41) is 22.1. The fraction of sp³-hybridized carbons (Fsp3) is 0.923. The third-order valence-corrected chi connectivity index (χ3v) is 4.34. The smallest absolute Gasteiger partial charge is 0.103 e. The van der Waals surface area contributed by atoms with Crippen LogP contribution in [0.3, 0.4) is 0 Å². The first-order chi connectivity index (χ1) is 7.95. The van der Waals surface area contributed by atoms with Crippen LogP contribution in [0.1, 0.15) is 47.0 Å². The zero-order valence-electron chi connectivity index (χ0n) is 11.5. The summed E-state index contributed by atoms with van der Waals surface area (Å²) in [6.45, 7) is 8.81. The molecule has 0 heterocycles. The molecule has 0 bridgehead atoms. The van der Waals surface area contributed by atoms with Gasteiger partial charge in [0.05, 0.1) is 12.2 Å². The van der Waals surface area contributed by atoms with E-state index < -0.39 is 5.54 Å². The molecule has 0 fully saturated rings. The van der Waals surface area contributed by atoms with Gasteiger partial charge in [0.25, 0.3) is 0 Å². The molecule has 0 saturated carbocycles.